The Morgan fingerprint density at radius 1 is 1.50 bits per heavy atom. The van der Waals surface area contributed by atoms with E-state index in [1.807, 2.05) is 4.90 Å². The number of nitrogens with zero attached hydrogens (tertiary/aromatic N) is 1. The van der Waals surface area contributed by atoms with E-state index in [0.717, 1.165) is 19.4 Å². The number of hydrogen-bond acceptors (Lipinski definition) is 3. The summed E-state index contributed by atoms with van der Waals surface area (Å²) in [6.45, 7) is 10.7. The van der Waals surface area contributed by atoms with Crippen molar-refractivity contribution >= 4 is 5.91 Å². The molecule has 0 aliphatic carbocycles. The van der Waals surface area contributed by atoms with Crippen molar-refractivity contribution in [3.8, 4) is 0 Å². The third-order valence-electron chi connectivity index (χ3n) is 3.82. The van der Waals surface area contributed by atoms with Crippen molar-refractivity contribution in [1.82, 2.24) is 10.2 Å². The average Bonchev–Trinajstić information content (AvgIpc) is 2.28. The summed E-state index contributed by atoms with van der Waals surface area (Å²) in [4.78, 5) is 14.6. The van der Waals surface area contributed by atoms with Crippen LogP contribution in [0.5, 0.6) is 0 Å². The Labute approximate surface area is 111 Å². The van der Waals surface area contributed by atoms with Crippen molar-refractivity contribution < 1.29 is 9.53 Å². The first kappa shape index (κ1) is 15.4. The van der Waals surface area contributed by atoms with Gasteiger partial charge in [-0.1, -0.05) is 13.8 Å². The molecule has 1 unspecified atom stereocenters. The predicted octanol–water partition coefficient (Wildman–Crippen LogP) is 1.65. The quantitative estimate of drug-likeness (QED) is 0.813. The summed E-state index contributed by atoms with van der Waals surface area (Å²) in [5.74, 6) is 0.215. The van der Waals surface area contributed by atoms with E-state index in [2.05, 4.69) is 33.0 Å². The van der Waals surface area contributed by atoms with Gasteiger partial charge in [0.05, 0.1) is 12.6 Å². The monoisotopic (exact) mass is 256 g/mol. The molecule has 106 valence electrons. The maximum Gasteiger partial charge on any atom is 0.240 e. The second kappa shape index (κ2) is 6.53. The second-order valence-corrected chi connectivity index (χ2v) is 6.10. The van der Waals surface area contributed by atoms with E-state index in [1.54, 1.807) is 7.11 Å². The van der Waals surface area contributed by atoms with Crippen LogP contribution in [0.4, 0.5) is 0 Å². The minimum absolute atomic E-state index is 0.0372. The SMILES string of the molecule is COCCN(C(=O)C1NCCCC1(C)C)C(C)C. The van der Waals surface area contributed by atoms with Crippen LogP contribution < -0.4 is 5.32 Å². The number of nitrogens with one attached hydrogen (secondary N) is 1. The molecule has 4 nitrogen and oxygen atoms in total. The van der Waals surface area contributed by atoms with Gasteiger partial charge in [-0.2, -0.15) is 0 Å². The molecule has 18 heavy (non-hydrogen) atoms. The van der Waals surface area contributed by atoms with Crippen LogP contribution in [0.1, 0.15) is 40.5 Å². The minimum atomic E-state index is -0.0643. The molecule has 1 rings (SSSR count). The molecule has 0 bridgehead atoms. The summed E-state index contributed by atoms with van der Waals surface area (Å²) in [6.07, 6.45) is 2.25. The Hall–Kier alpha value is -0.610. The number of carbonyl (C=O) groups excluding carboxylic acids is 1. The molecule has 1 heterocycles. The smallest absolute Gasteiger partial charge is 0.240 e. The van der Waals surface area contributed by atoms with Crippen molar-refractivity contribution in [3.05, 3.63) is 0 Å². The maximum absolute atomic E-state index is 12.7. The molecule has 1 saturated heterocycles. The summed E-state index contributed by atoms with van der Waals surface area (Å²) in [5.41, 5.74) is 0.0372. The number of rotatable bonds is 5. The number of methoxy groups -OCH3 is 1. The number of piperidine rings is 1. The summed E-state index contributed by atoms with van der Waals surface area (Å²) >= 11 is 0. The van der Waals surface area contributed by atoms with Crippen LogP contribution in [0.15, 0.2) is 0 Å². The van der Waals surface area contributed by atoms with Crippen LogP contribution in [0.3, 0.4) is 0 Å². The molecule has 0 aromatic carbocycles. The van der Waals surface area contributed by atoms with Gasteiger partial charge in [-0.25, -0.2) is 0 Å². The van der Waals surface area contributed by atoms with Crippen LogP contribution in [0, 0.1) is 5.41 Å². The molecule has 1 amide bonds. The van der Waals surface area contributed by atoms with E-state index in [0.29, 0.717) is 13.2 Å². The van der Waals surface area contributed by atoms with Gasteiger partial charge in [0, 0.05) is 19.7 Å². The molecular weight excluding hydrogens is 228 g/mol. The fourth-order valence-electron chi connectivity index (χ4n) is 2.61. The second-order valence-electron chi connectivity index (χ2n) is 6.10. The number of carbonyl (C=O) groups is 1. The molecule has 0 spiro atoms. The summed E-state index contributed by atoms with van der Waals surface area (Å²) in [7, 11) is 1.67. The van der Waals surface area contributed by atoms with Gasteiger partial charge in [-0.3, -0.25) is 4.79 Å². The lowest BCUT2D eigenvalue weighted by molar-refractivity contribution is -0.139. The van der Waals surface area contributed by atoms with Crippen molar-refractivity contribution in [2.75, 3.05) is 26.8 Å². The lowest BCUT2D eigenvalue weighted by Crippen LogP contribution is -2.58. The Bertz CT molecular complexity index is 277. The van der Waals surface area contributed by atoms with Gasteiger partial charge in [0.2, 0.25) is 5.91 Å². The Balaban J connectivity index is 2.74. The zero-order chi connectivity index (χ0) is 13.8. The van der Waals surface area contributed by atoms with Crippen molar-refractivity contribution in [2.24, 2.45) is 5.41 Å². The van der Waals surface area contributed by atoms with E-state index >= 15 is 0 Å². The Morgan fingerprint density at radius 3 is 2.67 bits per heavy atom. The van der Waals surface area contributed by atoms with Crippen LogP contribution in [0.2, 0.25) is 0 Å². The molecule has 0 saturated carbocycles. The molecule has 1 fully saturated rings. The highest BCUT2D eigenvalue weighted by Gasteiger charge is 2.39. The van der Waals surface area contributed by atoms with Crippen molar-refractivity contribution in [3.63, 3.8) is 0 Å². The maximum atomic E-state index is 12.7. The minimum Gasteiger partial charge on any atom is -0.383 e. The van der Waals surface area contributed by atoms with Crippen LogP contribution in [0.25, 0.3) is 0 Å². The first-order chi connectivity index (χ1) is 8.40. The largest absolute Gasteiger partial charge is 0.383 e. The fraction of sp³-hybridized carbons (Fsp3) is 0.929. The van der Waals surface area contributed by atoms with E-state index < -0.39 is 0 Å². The van der Waals surface area contributed by atoms with E-state index in [-0.39, 0.29) is 23.4 Å². The Morgan fingerprint density at radius 2 is 2.17 bits per heavy atom. The first-order valence-corrected chi connectivity index (χ1v) is 6.93. The summed E-state index contributed by atoms with van der Waals surface area (Å²) < 4.78 is 5.10. The van der Waals surface area contributed by atoms with Gasteiger partial charge in [0.25, 0.3) is 0 Å². The lowest BCUT2D eigenvalue weighted by atomic mass is 9.77. The highest BCUT2D eigenvalue weighted by molar-refractivity contribution is 5.83. The predicted molar refractivity (Wildman–Crippen MR) is 73.5 cm³/mol. The molecule has 1 aliphatic heterocycles. The van der Waals surface area contributed by atoms with Crippen molar-refractivity contribution in [1.29, 1.82) is 0 Å². The van der Waals surface area contributed by atoms with Crippen LogP contribution in [-0.4, -0.2) is 49.7 Å². The lowest BCUT2D eigenvalue weighted by Gasteiger charge is -2.41. The normalized spacial score (nSPS) is 23.1. The van der Waals surface area contributed by atoms with Gasteiger partial charge < -0.3 is 15.0 Å². The van der Waals surface area contributed by atoms with Crippen LogP contribution in [-0.2, 0) is 9.53 Å². The summed E-state index contributed by atoms with van der Waals surface area (Å²) in [5, 5.41) is 3.39. The average molecular weight is 256 g/mol. The molecule has 1 aliphatic rings. The van der Waals surface area contributed by atoms with Gasteiger partial charge in [0.1, 0.15) is 0 Å². The number of amides is 1. The highest BCUT2D eigenvalue weighted by atomic mass is 16.5. The van der Waals surface area contributed by atoms with Crippen LogP contribution >= 0.6 is 0 Å². The third kappa shape index (κ3) is 3.69. The van der Waals surface area contributed by atoms with Gasteiger partial charge in [-0.05, 0) is 38.6 Å². The number of hydrogen-bond donors (Lipinski definition) is 1. The topological polar surface area (TPSA) is 41.6 Å². The van der Waals surface area contributed by atoms with Gasteiger partial charge >= 0.3 is 0 Å². The standard InChI is InChI=1S/C14H28N2O2/c1-11(2)16(9-10-18-5)13(17)12-14(3,4)7-6-8-15-12/h11-12,15H,6-10H2,1-5H3. The molecule has 1 N–H and O–H groups in total. The summed E-state index contributed by atoms with van der Waals surface area (Å²) in [6, 6.07) is 0.151. The fourth-order valence-corrected chi connectivity index (χ4v) is 2.61. The Kier molecular flexibility index (Phi) is 5.60. The van der Waals surface area contributed by atoms with E-state index in [4.69, 9.17) is 4.74 Å². The zero-order valence-electron chi connectivity index (χ0n) is 12.5. The molecule has 0 aromatic heterocycles. The molecule has 0 aromatic rings. The number of ether oxygens (including phenoxy) is 1. The third-order valence-corrected chi connectivity index (χ3v) is 3.82. The first-order valence-electron chi connectivity index (χ1n) is 6.93. The molecular formula is C14H28N2O2. The van der Waals surface area contributed by atoms with E-state index in [9.17, 15) is 4.79 Å². The van der Waals surface area contributed by atoms with E-state index in [1.165, 1.54) is 0 Å². The van der Waals surface area contributed by atoms with Gasteiger partial charge in [0.15, 0.2) is 0 Å². The van der Waals surface area contributed by atoms with Crippen molar-refractivity contribution in [2.45, 2.75) is 52.6 Å². The zero-order valence-corrected chi connectivity index (χ0v) is 12.5. The molecule has 4 heteroatoms. The molecule has 1 atom stereocenters. The highest BCUT2D eigenvalue weighted by Crippen LogP contribution is 2.31. The van der Waals surface area contributed by atoms with Gasteiger partial charge in [-0.15, -0.1) is 0 Å². The molecule has 0 radical (unpaired) electrons.